The molecule has 0 aliphatic carbocycles. The van der Waals surface area contributed by atoms with Crippen LogP contribution in [0.5, 0.6) is 0 Å². The van der Waals surface area contributed by atoms with E-state index in [2.05, 4.69) is 37.9 Å². The fourth-order valence-electron chi connectivity index (χ4n) is 3.25. The van der Waals surface area contributed by atoms with Gasteiger partial charge in [0.25, 0.3) is 0 Å². The molecule has 0 aromatic heterocycles. The topological polar surface area (TPSA) is 15.3 Å². The van der Waals surface area contributed by atoms with Crippen LogP contribution in [0.3, 0.4) is 0 Å². The molecule has 0 saturated carbocycles. The van der Waals surface area contributed by atoms with Crippen LogP contribution in [-0.2, 0) is 0 Å². The van der Waals surface area contributed by atoms with Gasteiger partial charge in [-0.2, -0.15) is 0 Å². The lowest BCUT2D eigenvalue weighted by Crippen LogP contribution is -2.42. The Hall–Kier alpha value is -0.0800. The molecule has 1 fully saturated rings. The minimum atomic E-state index is 0.721. The molecule has 2 nitrogen and oxygen atoms in total. The fourth-order valence-corrected chi connectivity index (χ4v) is 3.25. The van der Waals surface area contributed by atoms with Crippen LogP contribution < -0.4 is 5.32 Å². The molecule has 0 amide bonds. The predicted octanol–water partition coefficient (Wildman–Crippen LogP) is 4.06. The number of rotatable bonds is 8. The van der Waals surface area contributed by atoms with E-state index in [1.54, 1.807) is 0 Å². The molecular formula is C17H36N2. The zero-order chi connectivity index (χ0) is 14.1. The van der Waals surface area contributed by atoms with Crippen LogP contribution in [0.25, 0.3) is 0 Å². The molecule has 0 aromatic rings. The van der Waals surface area contributed by atoms with Gasteiger partial charge in [-0.25, -0.2) is 0 Å². The second-order valence-electron chi connectivity index (χ2n) is 6.45. The average Bonchev–Trinajstić information content (AvgIpc) is 2.57. The Bertz CT molecular complexity index is 217. The van der Waals surface area contributed by atoms with Gasteiger partial charge in [-0.3, -0.25) is 4.90 Å². The molecule has 2 heteroatoms. The molecule has 3 unspecified atom stereocenters. The van der Waals surface area contributed by atoms with Gasteiger partial charge in [0.1, 0.15) is 0 Å². The monoisotopic (exact) mass is 268 g/mol. The molecule has 114 valence electrons. The van der Waals surface area contributed by atoms with Crippen molar-refractivity contribution in [3.8, 4) is 0 Å². The number of hydrogen-bond acceptors (Lipinski definition) is 2. The average molecular weight is 268 g/mol. The van der Waals surface area contributed by atoms with E-state index < -0.39 is 0 Å². The maximum Gasteiger partial charge on any atom is 0.0195 e. The first-order valence-electron chi connectivity index (χ1n) is 8.68. The van der Waals surface area contributed by atoms with Crippen molar-refractivity contribution in [1.82, 2.24) is 10.2 Å². The van der Waals surface area contributed by atoms with E-state index >= 15 is 0 Å². The Morgan fingerprint density at radius 3 is 2.63 bits per heavy atom. The van der Waals surface area contributed by atoms with Crippen LogP contribution in [-0.4, -0.2) is 36.6 Å². The van der Waals surface area contributed by atoms with E-state index in [1.165, 1.54) is 64.6 Å². The maximum absolute atomic E-state index is 3.74. The van der Waals surface area contributed by atoms with E-state index in [1.807, 2.05) is 0 Å². The van der Waals surface area contributed by atoms with Gasteiger partial charge in [-0.15, -0.1) is 0 Å². The molecular weight excluding hydrogens is 232 g/mol. The molecule has 1 rings (SSSR count). The third-order valence-electron chi connectivity index (χ3n) is 4.75. The van der Waals surface area contributed by atoms with Crippen molar-refractivity contribution in [2.24, 2.45) is 5.92 Å². The molecule has 1 aliphatic heterocycles. The van der Waals surface area contributed by atoms with E-state index in [9.17, 15) is 0 Å². The van der Waals surface area contributed by atoms with Gasteiger partial charge < -0.3 is 5.32 Å². The normalized spacial score (nSPS) is 27.2. The van der Waals surface area contributed by atoms with Gasteiger partial charge in [-0.05, 0) is 38.6 Å². The highest BCUT2D eigenvalue weighted by Gasteiger charge is 2.24. The van der Waals surface area contributed by atoms with Gasteiger partial charge >= 0.3 is 0 Å². The van der Waals surface area contributed by atoms with Crippen LogP contribution >= 0.6 is 0 Å². The lowest BCUT2D eigenvalue weighted by atomic mass is 9.97. The summed E-state index contributed by atoms with van der Waals surface area (Å²) in [7, 11) is 0. The van der Waals surface area contributed by atoms with Gasteiger partial charge in [0, 0.05) is 25.2 Å². The van der Waals surface area contributed by atoms with Crippen molar-refractivity contribution in [3.63, 3.8) is 0 Å². The third kappa shape index (κ3) is 6.27. The second kappa shape index (κ2) is 9.77. The van der Waals surface area contributed by atoms with Crippen molar-refractivity contribution in [2.75, 3.05) is 19.6 Å². The minimum Gasteiger partial charge on any atom is -0.313 e. The molecule has 1 N–H and O–H groups in total. The van der Waals surface area contributed by atoms with Gasteiger partial charge in [0.15, 0.2) is 0 Å². The zero-order valence-corrected chi connectivity index (χ0v) is 13.8. The van der Waals surface area contributed by atoms with Crippen molar-refractivity contribution >= 4 is 0 Å². The highest BCUT2D eigenvalue weighted by molar-refractivity contribution is 4.82. The first-order valence-corrected chi connectivity index (χ1v) is 8.68. The summed E-state index contributed by atoms with van der Waals surface area (Å²) in [5.41, 5.74) is 0. The van der Waals surface area contributed by atoms with Crippen LogP contribution in [0.4, 0.5) is 0 Å². The summed E-state index contributed by atoms with van der Waals surface area (Å²) in [6, 6.07) is 1.48. The van der Waals surface area contributed by atoms with Crippen LogP contribution in [0.1, 0.15) is 72.6 Å². The summed E-state index contributed by atoms with van der Waals surface area (Å²) >= 11 is 0. The first-order chi connectivity index (χ1) is 9.21. The fraction of sp³-hybridized carbons (Fsp3) is 1.00. The molecule has 0 spiro atoms. The van der Waals surface area contributed by atoms with Gasteiger partial charge in [0.2, 0.25) is 0 Å². The first kappa shape index (κ1) is 17.0. The standard InChI is InChI=1S/C17H36N2/c1-5-8-10-16(7-3)13-19-14-17(9-6-2)18-12-11-15(19)4/h15-18H,5-14H2,1-4H3. The number of hydrogen-bond donors (Lipinski definition) is 1. The summed E-state index contributed by atoms with van der Waals surface area (Å²) in [6.07, 6.45) is 9.44. The number of nitrogens with zero attached hydrogens (tertiary/aromatic N) is 1. The highest BCUT2D eigenvalue weighted by Crippen LogP contribution is 2.19. The Kier molecular flexibility index (Phi) is 8.72. The summed E-state index contributed by atoms with van der Waals surface area (Å²) < 4.78 is 0. The molecule has 3 atom stereocenters. The molecule has 0 aromatic carbocycles. The molecule has 1 heterocycles. The smallest absolute Gasteiger partial charge is 0.0195 e. The number of nitrogens with one attached hydrogen (secondary N) is 1. The molecule has 0 bridgehead atoms. The van der Waals surface area contributed by atoms with E-state index in [4.69, 9.17) is 0 Å². The lowest BCUT2D eigenvalue weighted by molar-refractivity contribution is 0.163. The Balaban J connectivity index is 2.50. The Morgan fingerprint density at radius 2 is 2.00 bits per heavy atom. The van der Waals surface area contributed by atoms with Crippen molar-refractivity contribution in [1.29, 1.82) is 0 Å². The van der Waals surface area contributed by atoms with Crippen molar-refractivity contribution in [3.05, 3.63) is 0 Å². The second-order valence-corrected chi connectivity index (χ2v) is 6.45. The molecule has 19 heavy (non-hydrogen) atoms. The predicted molar refractivity (Wildman–Crippen MR) is 85.7 cm³/mol. The summed E-state index contributed by atoms with van der Waals surface area (Å²) in [5, 5.41) is 3.74. The SMILES string of the molecule is CCCCC(CC)CN1CC(CCC)NCCC1C. The lowest BCUT2D eigenvalue weighted by Gasteiger charge is -2.32. The van der Waals surface area contributed by atoms with Crippen LogP contribution in [0, 0.1) is 5.92 Å². The maximum atomic E-state index is 3.74. The highest BCUT2D eigenvalue weighted by atomic mass is 15.2. The quantitative estimate of drug-likeness (QED) is 0.714. The zero-order valence-electron chi connectivity index (χ0n) is 13.8. The van der Waals surface area contributed by atoms with E-state index in [0.29, 0.717) is 0 Å². The van der Waals surface area contributed by atoms with Crippen molar-refractivity contribution in [2.45, 2.75) is 84.7 Å². The summed E-state index contributed by atoms with van der Waals surface area (Å²) in [6.45, 7) is 13.2. The van der Waals surface area contributed by atoms with Crippen molar-refractivity contribution < 1.29 is 0 Å². The van der Waals surface area contributed by atoms with Gasteiger partial charge in [-0.1, -0.05) is 46.5 Å². The number of unbranched alkanes of at least 4 members (excludes halogenated alkanes) is 1. The Morgan fingerprint density at radius 1 is 1.21 bits per heavy atom. The van der Waals surface area contributed by atoms with Crippen LogP contribution in [0.2, 0.25) is 0 Å². The summed E-state index contributed by atoms with van der Waals surface area (Å²) in [5.74, 6) is 0.905. The largest absolute Gasteiger partial charge is 0.313 e. The summed E-state index contributed by atoms with van der Waals surface area (Å²) in [4.78, 5) is 2.77. The van der Waals surface area contributed by atoms with Crippen LogP contribution in [0.15, 0.2) is 0 Å². The van der Waals surface area contributed by atoms with Gasteiger partial charge in [0.05, 0.1) is 0 Å². The molecule has 1 aliphatic rings. The van der Waals surface area contributed by atoms with E-state index in [0.717, 1.165) is 18.0 Å². The van der Waals surface area contributed by atoms with E-state index in [-0.39, 0.29) is 0 Å². The third-order valence-corrected chi connectivity index (χ3v) is 4.75. The Labute approximate surface area is 121 Å². The molecule has 1 saturated heterocycles. The minimum absolute atomic E-state index is 0.721. The molecule has 0 radical (unpaired) electrons.